The molecule has 6 heteroatoms. The number of unbranched alkanes of at least 4 members (excludes halogenated alkanes) is 6. The minimum absolute atomic E-state index is 0.0259. The van der Waals surface area contributed by atoms with Crippen molar-refractivity contribution in [2.45, 2.75) is 88.9 Å². The summed E-state index contributed by atoms with van der Waals surface area (Å²) in [6.07, 6.45) is 11.4. The van der Waals surface area contributed by atoms with Crippen molar-refractivity contribution in [3.05, 3.63) is 11.6 Å². The molecule has 0 aromatic heterocycles. The van der Waals surface area contributed by atoms with Gasteiger partial charge in [-0.25, -0.2) is 0 Å². The lowest BCUT2D eigenvalue weighted by atomic mass is 9.80. The van der Waals surface area contributed by atoms with Gasteiger partial charge in [-0.1, -0.05) is 50.7 Å². The van der Waals surface area contributed by atoms with E-state index in [1.807, 2.05) is 0 Å². The van der Waals surface area contributed by atoms with E-state index < -0.39 is 18.0 Å². The van der Waals surface area contributed by atoms with E-state index >= 15 is 0 Å². The van der Waals surface area contributed by atoms with E-state index in [2.05, 4.69) is 13.0 Å². The lowest BCUT2D eigenvalue weighted by Crippen LogP contribution is -2.38. The summed E-state index contributed by atoms with van der Waals surface area (Å²) in [6.45, 7) is 2.21. The molecule has 1 fully saturated rings. The molecule has 0 aliphatic heterocycles. The molecule has 5 nitrogen and oxygen atoms in total. The Hall–Kier alpha value is -1.01. The van der Waals surface area contributed by atoms with Crippen LogP contribution >= 0.6 is 11.8 Å². The van der Waals surface area contributed by atoms with Crippen LogP contribution < -0.4 is 0 Å². The normalized spacial score (nSPS) is 24.7. The zero-order valence-corrected chi connectivity index (χ0v) is 16.7. The zero-order chi connectivity index (χ0) is 19.4. The predicted molar refractivity (Wildman–Crippen MR) is 106 cm³/mol. The third-order valence-corrected chi connectivity index (χ3v) is 6.36. The molecule has 0 heterocycles. The molecule has 3 atom stereocenters. The number of carboxylic acid groups (broad SMARTS) is 2. The Morgan fingerprint density at radius 3 is 2.46 bits per heavy atom. The molecule has 0 bridgehead atoms. The van der Waals surface area contributed by atoms with Crippen LogP contribution in [-0.4, -0.2) is 44.4 Å². The quantitative estimate of drug-likeness (QED) is 0.319. The van der Waals surface area contributed by atoms with Crippen LogP contribution in [0.2, 0.25) is 0 Å². The fourth-order valence-corrected chi connectivity index (χ4v) is 4.88. The summed E-state index contributed by atoms with van der Waals surface area (Å²) < 4.78 is 0. The number of hydrogen-bond donors (Lipinski definition) is 3. The molecule has 0 saturated heterocycles. The van der Waals surface area contributed by atoms with Crippen molar-refractivity contribution >= 4 is 23.7 Å². The van der Waals surface area contributed by atoms with Crippen molar-refractivity contribution in [2.24, 2.45) is 5.92 Å². The lowest BCUT2D eigenvalue weighted by molar-refractivity contribution is -0.139. The standard InChI is InChI=1S/C20H34O5S/c1-2-3-4-5-6-7-8-9-15-10-11-16(14-18(23)24)19(25)20(15)26-13-12-17(21)22/h9,16,19-20,25H,2-8,10-14H2,1H3,(H,21,22)(H,23,24)/b15-9+/t16-,19-,20-/m0/s1. The Bertz CT molecular complexity index is 463. The number of carbonyl (C=O) groups is 2. The summed E-state index contributed by atoms with van der Waals surface area (Å²) in [5, 5.41) is 28.3. The molecule has 3 N–H and O–H groups in total. The zero-order valence-electron chi connectivity index (χ0n) is 15.9. The number of hydrogen-bond acceptors (Lipinski definition) is 4. The molecule has 150 valence electrons. The van der Waals surface area contributed by atoms with Gasteiger partial charge in [-0.3, -0.25) is 9.59 Å². The second-order valence-electron chi connectivity index (χ2n) is 7.16. The van der Waals surface area contributed by atoms with Gasteiger partial charge in [0, 0.05) is 5.75 Å². The maximum atomic E-state index is 11.0. The summed E-state index contributed by atoms with van der Waals surface area (Å²) in [6, 6.07) is 0. The molecule has 0 spiro atoms. The summed E-state index contributed by atoms with van der Waals surface area (Å²) in [5.41, 5.74) is 1.17. The third-order valence-electron chi connectivity index (χ3n) is 4.98. The average Bonchev–Trinajstić information content (AvgIpc) is 2.58. The molecular formula is C20H34O5S. The van der Waals surface area contributed by atoms with E-state index in [1.165, 1.54) is 49.4 Å². The number of aliphatic carboxylic acids is 2. The van der Waals surface area contributed by atoms with Gasteiger partial charge in [0.2, 0.25) is 0 Å². The van der Waals surface area contributed by atoms with E-state index in [1.54, 1.807) is 0 Å². The van der Waals surface area contributed by atoms with Gasteiger partial charge in [0.1, 0.15) is 0 Å². The Labute approximate surface area is 161 Å². The molecule has 1 aliphatic carbocycles. The number of aliphatic hydroxyl groups is 1. The Balaban J connectivity index is 2.57. The number of allylic oxidation sites excluding steroid dienone is 1. The highest BCUT2D eigenvalue weighted by Gasteiger charge is 2.36. The van der Waals surface area contributed by atoms with Gasteiger partial charge < -0.3 is 15.3 Å². The smallest absolute Gasteiger partial charge is 0.304 e. The summed E-state index contributed by atoms with van der Waals surface area (Å²) >= 11 is 1.46. The van der Waals surface area contributed by atoms with E-state index in [-0.39, 0.29) is 24.0 Å². The maximum Gasteiger partial charge on any atom is 0.304 e. The monoisotopic (exact) mass is 386 g/mol. The van der Waals surface area contributed by atoms with Gasteiger partial charge in [-0.15, -0.1) is 0 Å². The third kappa shape index (κ3) is 9.08. The first kappa shape index (κ1) is 23.0. The summed E-state index contributed by atoms with van der Waals surface area (Å²) in [5.74, 6) is -1.54. The van der Waals surface area contributed by atoms with Crippen LogP contribution in [0.3, 0.4) is 0 Å². The largest absolute Gasteiger partial charge is 0.481 e. The highest BCUT2D eigenvalue weighted by atomic mass is 32.2. The van der Waals surface area contributed by atoms with E-state index in [0.717, 1.165) is 19.3 Å². The van der Waals surface area contributed by atoms with Gasteiger partial charge in [0.25, 0.3) is 0 Å². The Morgan fingerprint density at radius 1 is 1.12 bits per heavy atom. The van der Waals surface area contributed by atoms with Crippen LogP contribution in [0.5, 0.6) is 0 Å². The van der Waals surface area contributed by atoms with Crippen LogP contribution in [0, 0.1) is 5.92 Å². The SMILES string of the molecule is CCCCCCCC/C=C1\CC[C@@H](CC(=O)O)[C@H](O)[C@H]1SCCC(=O)O. The van der Waals surface area contributed by atoms with Gasteiger partial charge in [0.05, 0.1) is 24.2 Å². The van der Waals surface area contributed by atoms with Gasteiger partial charge >= 0.3 is 11.9 Å². The highest BCUT2D eigenvalue weighted by Crippen LogP contribution is 2.38. The molecule has 0 unspecified atom stereocenters. The van der Waals surface area contributed by atoms with Gasteiger partial charge in [-0.05, 0) is 31.6 Å². The Kier molecular flexibility index (Phi) is 11.7. The molecule has 0 radical (unpaired) electrons. The average molecular weight is 387 g/mol. The molecule has 1 rings (SSSR count). The van der Waals surface area contributed by atoms with Crippen molar-refractivity contribution in [1.82, 2.24) is 0 Å². The minimum atomic E-state index is -0.886. The highest BCUT2D eigenvalue weighted by molar-refractivity contribution is 8.00. The first-order chi connectivity index (χ1) is 12.5. The number of rotatable bonds is 13. The molecule has 1 aliphatic rings. The van der Waals surface area contributed by atoms with E-state index in [9.17, 15) is 14.7 Å². The van der Waals surface area contributed by atoms with Gasteiger partial charge in [-0.2, -0.15) is 11.8 Å². The van der Waals surface area contributed by atoms with Crippen molar-refractivity contribution in [3.63, 3.8) is 0 Å². The topological polar surface area (TPSA) is 94.8 Å². The van der Waals surface area contributed by atoms with Crippen LogP contribution in [-0.2, 0) is 9.59 Å². The van der Waals surface area contributed by atoms with Crippen LogP contribution in [0.4, 0.5) is 0 Å². The predicted octanol–water partition coefficient (Wildman–Crippen LogP) is 4.49. The van der Waals surface area contributed by atoms with Crippen LogP contribution in [0.15, 0.2) is 11.6 Å². The minimum Gasteiger partial charge on any atom is -0.481 e. The second-order valence-corrected chi connectivity index (χ2v) is 8.41. The molecular weight excluding hydrogens is 352 g/mol. The van der Waals surface area contributed by atoms with Crippen LogP contribution in [0.25, 0.3) is 0 Å². The molecule has 0 aromatic rings. The van der Waals surface area contributed by atoms with Crippen molar-refractivity contribution in [3.8, 4) is 0 Å². The van der Waals surface area contributed by atoms with Crippen molar-refractivity contribution < 1.29 is 24.9 Å². The lowest BCUT2D eigenvalue weighted by Gasteiger charge is -2.36. The van der Waals surface area contributed by atoms with Crippen molar-refractivity contribution in [1.29, 1.82) is 0 Å². The summed E-state index contributed by atoms with van der Waals surface area (Å²) in [7, 11) is 0. The van der Waals surface area contributed by atoms with E-state index in [4.69, 9.17) is 10.2 Å². The van der Waals surface area contributed by atoms with E-state index in [0.29, 0.717) is 12.2 Å². The molecule has 0 aromatic carbocycles. The number of aliphatic hydroxyl groups excluding tert-OH is 1. The molecule has 1 saturated carbocycles. The first-order valence-corrected chi connectivity index (χ1v) is 10.9. The molecule has 0 amide bonds. The molecule has 26 heavy (non-hydrogen) atoms. The maximum absolute atomic E-state index is 11.0. The fourth-order valence-electron chi connectivity index (χ4n) is 3.49. The summed E-state index contributed by atoms with van der Waals surface area (Å²) in [4.78, 5) is 21.8. The van der Waals surface area contributed by atoms with Crippen LogP contribution in [0.1, 0.15) is 77.6 Å². The second kappa shape index (κ2) is 13.2. The van der Waals surface area contributed by atoms with Crippen molar-refractivity contribution in [2.75, 3.05) is 5.75 Å². The Morgan fingerprint density at radius 2 is 1.81 bits per heavy atom. The fraction of sp³-hybridized carbons (Fsp3) is 0.800. The number of thioether (sulfide) groups is 1. The number of carboxylic acids is 2. The first-order valence-electron chi connectivity index (χ1n) is 9.87. The van der Waals surface area contributed by atoms with Gasteiger partial charge in [0.15, 0.2) is 0 Å².